The summed E-state index contributed by atoms with van der Waals surface area (Å²) >= 11 is 0. The molecule has 0 aromatic carbocycles. The Morgan fingerprint density at radius 1 is 1.40 bits per heavy atom. The molecular weight excluding hydrogens is 122 g/mol. The first-order valence-electron chi connectivity index (χ1n) is 4.55. The van der Waals surface area contributed by atoms with Crippen LogP contribution in [0.3, 0.4) is 0 Å². The van der Waals surface area contributed by atoms with E-state index in [0.29, 0.717) is 0 Å². The fraction of sp³-hybridized carbons (Fsp3) is 1.00. The van der Waals surface area contributed by atoms with E-state index in [4.69, 9.17) is 0 Å². The quantitative estimate of drug-likeness (QED) is 0.579. The molecule has 1 saturated carbocycles. The van der Waals surface area contributed by atoms with Gasteiger partial charge in [0.1, 0.15) is 0 Å². The highest BCUT2D eigenvalue weighted by atomic mass is 14.9. The van der Waals surface area contributed by atoms with Gasteiger partial charge in [-0.15, -0.1) is 0 Å². The van der Waals surface area contributed by atoms with E-state index in [1.807, 2.05) is 0 Å². The lowest BCUT2D eigenvalue weighted by Gasteiger charge is -1.96. The van der Waals surface area contributed by atoms with Crippen LogP contribution in [-0.4, -0.2) is 13.1 Å². The van der Waals surface area contributed by atoms with Gasteiger partial charge >= 0.3 is 0 Å². The molecule has 1 heteroatoms. The first kappa shape index (κ1) is 8.06. The van der Waals surface area contributed by atoms with E-state index in [2.05, 4.69) is 19.3 Å². The summed E-state index contributed by atoms with van der Waals surface area (Å²) in [5, 5.41) is 3.32. The van der Waals surface area contributed by atoms with Crippen LogP contribution in [0.15, 0.2) is 0 Å². The molecule has 60 valence electrons. The van der Waals surface area contributed by atoms with E-state index < -0.39 is 0 Å². The van der Waals surface area contributed by atoms with Gasteiger partial charge in [-0.2, -0.15) is 0 Å². The predicted octanol–water partition coefficient (Wildman–Crippen LogP) is 2.17. The molecule has 1 N–H and O–H groups in total. The maximum absolute atomic E-state index is 3.32. The van der Waals surface area contributed by atoms with Gasteiger partial charge in [-0.1, -0.05) is 26.2 Å². The van der Waals surface area contributed by atoms with Crippen molar-refractivity contribution in [3.63, 3.8) is 0 Å². The fourth-order valence-electron chi connectivity index (χ4n) is 1.58. The molecule has 2 unspecified atom stereocenters. The van der Waals surface area contributed by atoms with Crippen LogP contribution < -0.4 is 5.32 Å². The van der Waals surface area contributed by atoms with Crippen LogP contribution in [0, 0.1) is 5.92 Å². The van der Waals surface area contributed by atoms with Crippen LogP contribution >= 0.6 is 0 Å². The van der Waals surface area contributed by atoms with Crippen LogP contribution in [0.25, 0.3) is 0 Å². The second-order valence-corrected chi connectivity index (χ2v) is 3.39. The van der Waals surface area contributed by atoms with Crippen molar-refractivity contribution in [2.75, 3.05) is 7.05 Å². The van der Waals surface area contributed by atoms with Gasteiger partial charge in [0.25, 0.3) is 0 Å². The van der Waals surface area contributed by atoms with Crippen molar-refractivity contribution in [3.8, 4) is 0 Å². The molecule has 1 rings (SSSR count). The summed E-state index contributed by atoms with van der Waals surface area (Å²) in [7, 11) is 2.07. The van der Waals surface area contributed by atoms with Gasteiger partial charge in [0.05, 0.1) is 0 Å². The molecule has 10 heavy (non-hydrogen) atoms. The van der Waals surface area contributed by atoms with Crippen molar-refractivity contribution in [2.45, 2.75) is 45.1 Å². The number of rotatable bonds is 5. The number of unbranched alkanes of at least 4 members (excludes halogenated alkanes) is 2. The van der Waals surface area contributed by atoms with Gasteiger partial charge in [0.15, 0.2) is 0 Å². The molecule has 1 aliphatic rings. The average molecular weight is 141 g/mol. The fourth-order valence-corrected chi connectivity index (χ4v) is 1.58. The minimum atomic E-state index is 0.872. The molecular formula is C9H19N. The maximum atomic E-state index is 3.32. The third-order valence-corrected chi connectivity index (χ3v) is 2.47. The monoisotopic (exact) mass is 141 g/mol. The number of hydrogen-bond acceptors (Lipinski definition) is 1. The highest BCUT2D eigenvalue weighted by molar-refractivity contribution is 4.91. The summed E-state index contributed by atoms with van der Waals surface area (Å²) in [5.74, 6) is 1.02. The Morgan fingerprint density at radius 2 is 2.20 bits per heavy atom. The van der Waals surface area contributed by atoms with Gasteiger partial charge in [-0.3, -0.25) is 0 Å². The molecule has 1 aliphatic carbocycles. The molecule has 0 radical (unpaired) electrons. The smallest absolute Gasteiger partial charge is 0.00961 e. The van der Waals surface area contributed by atoms with E-state index in [9.17, 15) is 0 Å². The van der Waals surface area contributed by atoms with Crippen molar-refractivity contribution < 1.29 is 0 Å². The van der Waals surface area contributed by atoms with Crippen molar-refractivity contribution in [1.82, 2.24) is 5.32 Å². The summed E-state index contributed by atoms with van der Waals surface area (Å²) in [6.07, 6.45) is 7.11. The van der Waals surface area contributed by atoms with Crippen LogP contribution in [0.5, 0.6) is 0 Å². The van der Waals surface area contributed by atoms with Gasteiger partial charge in [0.2, 0.25) is 0 Å². The standard InChI is InChI=1S/C9H19N/c1-3-4-5-6-8-7-9(8)10-2/h8-10H,3-7H2,1-2H3. The minimum absolute atomic E-state index is 0.872. The van der Waals surface area contributed by atoms with Crippen LogP contribution in [0.2, 0.25) is 0 Å². The zero-order valence-electron chi connectivity index (χ0n) is 7.19. The molecule has 0 aliphatic heterocycles. The molecule has 2 atom stereocenters. The normalized spacial score (nSPS) is 30.6. The van der Waals surface area contributed by atoms with Gasteiger partial charge in [-0.25, -0.2) is 0 Å². The third-order valence-electron chi connectivity index (χ3n) is 2.47. The van der Waals surface area contributed by atoms with Crippen molar-refractivity contribution in [2.24, 2.45) is 5.92 Å². The van der Waals surface area contributed by atoms with Gasteiger partial charge in [-0.05, 0) is 25.8 Å². The Balaban J connectivity index is 1.87. The van der Waals surface area contributed by atoms with E-state index in [1.165, 1.54) is 32.1 Å². The molecule has 0 amide bonds. The second-order valence-electron chi connectivity index (χ2n) is 3.39. The third kappa shape index (κ3) is 2.30. The van der Waals surface area contributed by atoms with E-state index in [-0.39, 0.29) is 0 Å². The Labute approximate surface area is 64.2 Å². The first-order chi connectivity index (χ1) is 4.88. The molecule has 0 aromatic rings. The zero-order chi connectivity index (χ0) is 7.40. The zero-order valence-corrected chi connectivity index (χ0v) is 7.19. The Morgan fingerprint density at radius 3 is 2.70 bits per heavy atom. The van der Waals surface area contributed by atoms with Crippen molar-refractivity contribution in [1.29, 1.82) is 0 Å². The van der Waals surface area contributed by atoms with Crippen molar-refractivity contribution in [3.05, 3.63) is 0 Å². The predicted molar refractivity (Wildman–Crippen MR) is 45.1 cm³/mol. The maximum Gasteiger partial charge on any atom is 0.00961 e. The highest BCUT2D eigenvalue weighted by Gasteiger charge is 2.34. The Hall–Kier alpha value is -0.0400. The summed E-state index contributed by atoms with van der Waals surface area (Å²) in [6.45, 7) is 2.27. The van der Waals surface area contributed by atoms with Crippen LogP contribution in [0.1, 0.15) is 39.0 Å². The minimum Gasteiger partial charge on any atom is -0.317 e. The highest BCUT2D eigenvalue weighted by Crippen LogP contribution is 2.34. The topological polar surface area (TPSA) is 12.0 Å². The van der Waals surface area contributed by atoms with E-state index >= 15 is 0 Å². The van der Waals surface area contributed by atoms with Gasteiger partial charge in [0, 0.05) is 6.04 Å². The largest absolute Gasteiger partial charge is 0.317 e. The summed E-state index contributed by atoms with van der Waals surface area (Å²) < 4.78 is 0. The summed E-state index contributed by atoms with van der Waals surface area (Å²) in [5.41, 5.74) is 0. The summed E-state index contributed by atoms with van der Waals surface area (Å²) in [4.78, 5) is 0. The average Bonchev–Trinajstić information content (AvgIpc) is 2.68. The molecule has 1 fully saturated rings. The van der Waals surface area contributed by atoms with E-state index in [0.717, 1.165) is 12.0 Å². The second kappa shape index (κ2) is 3.97. The lowest BCUT2D eigenvalue weighted by Crippen LogP contribution is -2.10. The Kier molecular flexibility index (Phi) is 3.20. The molecule has 1 nitrogen and oxygen atoms in total. The lowest BCUT2D eigenvalue weighted by molar-refractivity contribution is 0.589. The van der Waals surface area contributed by atoms with Crippen LogP contribution in [0.4, 0.5) is 0 Å². The van der Waals surface area contributed by atoms with Crippen molar-refractivity contribution >= 4 is 0 Å². The summed E-state index contributed by atoms with van der Waals surface area (Å²) in [6, 6.07) is 0.872. The molecule has 0 saturated heterocycles. The Bertz CT molecular complexity index is 90.7. The first-order valence-corrected chi connectivity index (χ1v) is 4.55. The van der Waals surface area contributed by atoms with Gasteiger partial charge < -0.3 is 5.32 Å². The SMILES string of the molecule is CCCCCC1CC1NC. The van der Waals surface area contributed by atoms with E-state index in [1.54, 1.807) is 0 Å². The number of hydrogen-bond donors (Lipinski definition) is 1. The number of nitrogens with one attached hydrogen (secondary N) is 1. The van der Waals surface area contributed by atoms with Crippen LogP contribution in [-0.2, 0) is 0 Å². The molecule has 0 aromatic heterocycles. The lowest BCUT2D eigenvalue weighted by atomic mass is 10.1. The molecule has 0 spiro atoms. The molecule has 0 heterocycles. The molecule has 0 bridgehead atoms.